The van der Waals surface area contributed by atoms with Gasteiger partial charge in [0.2, 0.25) is 10.0 Å². The zero-order chi connectivity index (χ0) is 13.2. The van der Waals surface area contributed by atoms with Gasteiger partial charge < -0.3 is 5.11 Å². The summed E-state index contributed by atoms with van der Waals surface area (Å²) in [7, 11) is -3.42. The molecule has 2 N–H and O–H groups in total. The van der Waals surface area contributed by atoms with E-state index in [0.717, 1.165) is 15.3 Å². The fraction of sp³-hybridized carbons (Fsp3) is 0.273. The van der Waals surface area contributed by atoms with E-state index < -0.39 is 10.0 Å². The van der Waals surface area contributed by atoms with Crippen molar-refractivity contribution >= 4 is 32.7 Å². The molecular weight excluding hydrogens is 290 g/mol. The Kier molecular flexibility index (Phi) is 4.18. The van der Waals surface area contributed by atoms with Crippen LogP contribution in [0.1, 0.15) is 15.3 Å². The lowest BCUT2D eigenvalue weighted by molar-refractivity contribution is 0.285. The highest BCUT2D eigenvalue weighted by atomic mass is 32.2. The summed E-state index contributed by atoms with van der Waals surface area (Å²) in [6, 6.07) is 5.11. The molecule has 0 spiro atoms. The maximum absolute atomic E-state index is 11.9. The first kappa shape index (κ1) is 13.7. The lowest BCUT2D eigenvalue weighted by atomic mass is 10.2. The molecule has 7 heteroatoms. The third-order valence-electron chi connectivity index (χ3n) is 2.44. The molecule has 0 radical (unpaired) electrons. The first-order chi connectivity index (χ1) is 8.53. The van der Waals surface area contributed by atoms with E-state index in [1.165, 1.54) is 22.7 Å². The fourth-order valence-electron chi connectivity index (χ4n) is 1.50. The Hall–Kier alpha value is -0.730. The maximum atomic E-state index is 11.9. The van der Waals surface area contributed by atoms with Crippen molar-refractivity contribution in [2.24, 2.45) is 0 Å². The number of aliphatic hydroxyl groups is 1. The van der Waals surface area contributed by atoms with Crippen LogP contribution in [-0.2, 0) is 23.2 Å². The molecule has 0 aliphatic rings. The molecule has 2 aromatic rings. The molecule has 98 valence electrons. The maximum Gasteiger partial charge on any atom is 0.250 e. The van der Waals surface area contributed by atoms with Gasteiger partial charge in [0.05, 0.1) is 6.61 Å². The van der Waals surface area contributed by atoms with Gasteiger partial charge in [0.1, 0.15) is 4.21 Å². The molecule has 18 heavy (non-hydrogen) atoms. The lowest BCUT2D eigenvalue weighted by Crippen LogP contribution is -2.22. The first-order valence-electron chi connectivity index (χ1n) is 5.25. The number of hydrogen-bond acceptors (Lipinski definition) is 5. The molecule has 0 aliphatic heterocycles. The summed E-state index contributed by atoms with van der Waals surface area (Å²) < 4.78 is 26.7. The van der Waals surface area contributed by atoms with Gasteiger partial charge in [-0.1, -0.05) is 6.07 Å². The van der Waals surface area contributed by atoms with Gasteiger partial charge in [0.15, 0.2) is 0 Å². The van der Waals surface area contributed by atoms with Crippen molar-refractivity contribution in [1.29, 1.82) is 0 Å². The minimum Gasteiger partial charge on any atom is -0.391 e. The van der Waals surface area contributed by atoms with Crippen LogP contribution in [0.25, 0.3) is 0 Å². The van der Waals surface area contributed by atoms with Gasteiger partial charge in [-0.3, -0.25) is 0 Å². The van der Waals surface area contributed by atoms with E-state index in [9.17, 15) is 8.42 Å². The molecule has 0 bridgehead atoms. The third-order valence-corrected chi connectivity index (χ3v) is 6.32. The highest BCUT2D eigenvalue weighted by Gasteiger charge is 2.15. The summed E-state index contributed by atoms with van der Waals surface area (Å²) in [4.78, 5) is 1.87. The van der Waals surface area contributed by atoms with E-state index in [1.807, 2.05) is 13.0 Å². The predicted octanol–water partition coefficient (Wildman–Crippen LogP) is 2.09. The zero-order valence-corrected chi connectivity index (χ0v) is 12.2. The number of hydrogen-bond donors (Lipinski definition) is 2. The minimum atomic E-state index is -3.42. The molecule has 0 unspecified atom stereocenters. The van der Waals surface area contributed by atoms with Crippen molar-refractivity contribution in [2.75, 3.05) is 0 Å². The van der Waals surface area contributed by atoms with Crippen LogP contribution in [0.4, 0.5) is 0 Å². The standard InChI is InChI=1S/C11H13NO3S3/c1-8-9(5-10(7-13)17-8)6-12-18(14,15)11-3-2-4-16-11/h2-5,12-13H,6-7H2,1H3. The van der Waals surface area contributed by atoms with E-state index >= 15 is 0 Å². The molecule has 0 amide bonds. The zero-order valence-electron chi connectivity index (χ0n) is 9.71. The molecule has 0 saturated heterocycles. The molecule has 0 aliphatic carbocycles. The molecule has 0 aromatic carbocycles. The summed E-state index contributed by atoms with van der Waals surface area (Å²) in [6.07, 6.45) is 0. The van der Waals surface area contributed by atoms with E-state index in [2.05, 4.69) is 4.72 Å². The van der Waals surface area contributed by atoms with Crippen LogP contribution in [-0.4, -0.2) is 13.5 Å². The molecule has 2 aromatic heterocycles. The number of nitrogens with one attached hydrogen (secondary N) is 1. The number of aliphatic hydroxyl groups excluding tert-OH is 1. The van der Waals surface area contributed by atoms with Crippen molar-refractivity contribution < 1.29 is 13.5 Å². The second kappa shape index (κ2) is 5.50. The first-order valence-corrected chi connectivity index (χ1v) is 8.43. The van der Waals surface area contributed by atoms with Crippen LogP contribution in [0.3, 0.4) is 0 Å². The summed E-state index contributed by atoms with van der Waals surface area (Å²) in [6.45, 7) is 2.16. The van der Waals surface area contributed by atoms with Crippen LogP contribution < -0.4 is 4.72 Å². The molecule has 2 rings (SSSR count). The monoisotopic (exact) mass is 303 g/mol. The highest BCUT2D eigenvalue weighted by Crippen LogP contribution is 2.22. The van der Waals surface area contributed by atoms with Crippen molar-refractivity contribution in [1.82, 2.24) is 4.72 Å². The number of sulfonamides is 1. The second-order valence-corrected chi connectivity index (χ2v) is 7.99. The average Bonchev–Trinajstić information content (AvgIpc) is 2.96. The Morgan fingerprint density at radius 1 is 1.44 bits per heavy atom. The van der Waals surface area contributed by atoms with Gasteiger partial charge in [-0.25, -0.2) is 13.1 Å². The Morgan fingerprint density at radius 3 is 2.78 bits per heavy atom. The Balaban J connectivity index is 2.10. The third kappa shape index (κ3) is 2.99. The Morgan fingerprint density at radius 2 is 2.22 bits per heavy atom. The van der Waals surface area contributed by atoms with Crippen LogP contribution >= 0.6 is 22.7 Å². The molecular formula is C11H13NO3S3. The summed E-state index contributed by atoms with van der Waals surface area (Å²) in [5.74, 6) is 0. The molecule has 0 saturated carbocycles. The Bertz CT molecular complexity index is 614. The van der Waals surface area contributed by atoms with Gasteiger partial charge in [0, 0.05) is 16.3 Å². The van der Waals surface area contributed by atoms with Crippen molar-refractivity contribution in [3.8, 4) is 0 Å². The molecule has 0 atom stereocenters. The predicted molar refractivity (Wildman–Crippen MR) is 73.3 cm³/mol. The number of thiophene rings is 2. The van der Waals surface area contributed by atoms with Crippen LogP contribution in [0.2, 0.25) is 0 Å². The topological polar surface area (TPSA) is 66.4 Å². The van der Waals surface area contributed by atoms with E-state index in [0.29, 0.717) is 4.21 Å². The van der Waals surface area contributed by atoms with E-state index in [4.69, 9.17) is 5.11 Å². The normalized spacial score (nSPS) is 11.9. The van der Waals surface area contributed by atoms with Crippen molar-refractivity contribution in [3.05, 3.63) is 38.9 Å². The SMILES string of the molecule is Cc1sc(CO)cc1CNS(=O)(=O)c1cccs1. The minimum absolute atomic E-state index is 0.0107. The van der Waals surface area contributed by atoms with Gasteiger partial charge >= 0.3 is 0 Å². The summed E-state index contributed by atoms with van der Waals surface area (Å²) in [5.41, 5.74) is 0.907. The summed E-state index contributed by atoms with van der Waals surface area (Å²) in [5, 5.41) is 10.8. The number of aryl methyl sites for hydroxylation is 1. The van der Waals surface area contributed by atoms with Crippen molar-refractivity contribution in [3.63, 3.8) is 0 Å². The van der Waals surface area contributed by atoms with Gasteiger partial charge in [-0.2, -0.15) is 0 Å². The van der Waals surface area contributed by atoms with Crippen LogP contribution in [0.15, 0.2) is 27.8 Å². The second-order valence-electron chi connectivity index (χ2n) is 3.71. The van der Waals surface area contributed by atoms with Gasteiger partial charge in [-0.05, 0) is 30.0 Å². The largest absolute Gasteiger partial charge is 0.391 e. The molecule has 2 heterocycles. The quantitative estimate of drug-likeness (QED) is 0.889. The average molecular weight is 303 g/mol. The fourth-order valence-corrected chi connectivity index (χ4v) is 4.47. The summed E-state index contributed by atoms with van der Waals surface area (Å²) >= 11 is 2.67. The number of rotatable bonds is 5. The lowest BCUT2D eigenvalue weighted by Gasteiger charge is -2.04. The van der Waals surface area contributed by atoms with Gasteiger partial charge in [-0.15, -0.1) is 22.7 Å². The smallest absolute Gasteiger partial charge is 0.250 e. The van der Waals surface area contributed by atoms with Crippen LogP contribution in [0.5, 0.6) is 0 Å². The van der Waals surface area contributed by atoms with E-state index in [-0.39, 0.29) is 13.2 Å². The van der Waals surface area contributed by atoms with Crippen LogP contribution in [0, 0.1) is 6.92 Å². The molecule has 4 nitrogen and oxygen atoms in total. The van der Waals surface area contributed by atoms with Crippen molar-refractivity contribution in [2.45, 2.75) is 24.3 Å². The Labute approximate surface area is 114 Å². The molecule has 0 fully saturated rings. The van der Waals surface area contributed by atoms with Gasteiger partial charge in [0.25, 0.3) is 0 Å². The van der Waals surface area contributed by atoms with E-state index in [1.54, 1.807) is 17.5 Å². The highest BCUT2D eigenvalue weighted by molar-refractivity contribution is 7.91.